The second-order valence-corrected chi connectivity index (χ2v) is 5.54. The number of ether oxygens (including phenoxy) is 1. The molecule has 4 nitrogen and oxygen atoms in total. The largest absolute Gasteiger partial charge is 0.371 e. The molecule has 0 fully saturated rings. The van der Waals surface area contributed by atoms with Crippen LogP contribution in [0.15, 0.2) is 0 Å². The maximum atomic E-state index is 5.46. The van der Waals surface area contributed by atoms with Crippen molar-refractivity contribution >= 4 is 17.6 Å². The van der Waals surface area contributed by atoms with E-state index < -0.39 is 5.60 Å². The van der Waals surface area contributed by atoms with Gasteiger partial charge in [0.1, 0.15) is 11.4 Å². The van der Waals surface area contributed by atoms with E-state index in [1.165, 1.54) is 5.56 Å². The van der Waals surface area contributed by atoms with Gasteiger partial charge in [-0.25, -0.2) is 9.97 Å². The third kappa shape index (κ3) is 2.40. The van der Waals surface area contributed by atoms with E-state index >= 15 is 0 Å². The molecule has 2 heterocycles. The zero-order valence-electron chi connectivity index (χ0n) is 10.8. The zero-order valence-corrected chi connectivity index (χ0v) is 11.6. The molecule has 0 aromatic carbocycles. The molecular weight excluding hydrogens is 234 g/mol. The minimum Gasteiger partial charge on any atom is -0.371 e. The molecule has 1 aromatic rings. The molecule has 0 spiro atoms. The topological polar surface area (TPSA) is 47.0 Å². The van der Waals surface area contributed by atoms with Crippen molar-refractivity contribution in [2.45, 2.75) is 37.9 Å². The summed E-state index contributed by atoms with van der Waals surface area (Å²) in [4.78, 5) is 9.26. The Morgan fingerprint density at radius 2 is 2.12 bits per heavy atom. The standard InChI is InChI=1S/C12H19N3OS/c1-5-13-10-8-6-17-7-9(8)14-11(15-10)12(2,3)16-4/h5-7H2,1-4H3,(H,13,14,15). The fourth-order valence-electron chi connectivity index (χ4n) is 1.73. The molecule has 1 aliphatic heterocycles. The summed E-state index contributed by atoms with van der Waals surface area (Å²) in [6.07, 6.45) is 0. The van der Waals surface area contributed by atoms with Gasteiger partial charge in [-0.2, -0.15) is 11.8 Å². The highest BCUT2D eigenvalue weighted by Crippen LogP contribution is 2.34. The molecule has 1 aromatic heterocycles. The van der Waals surface area contributed by atoms with Gasteiger partial charge >= 0.3 is 0 Å². The molecule has 0 atom stereocenters. The Morgan fingerprint density at radius 1 is 1.35 bits per heavy atom. The second-order valence-electron chi connectivity index (χ2n) is 4.56. The van der Waals surface area contributed by atoms with Gasteiger partial charge in [0.15, 0.2) is 5.82 Å². The number of thioether (sulfide) groups is 1. The Balaban J connectivity index is 2.46. The van der Waals surface area contributed by atoms with Crippen LogP contribution in [0.1, 0.15) is 37.9 Å². The number of fused-ring (bicyclic) bond motifs is 1. The van der Waals surface area contributed by atoms with Crippen molar-refractivity contribution in [1.82, 2.24) is 9.97 Å². The summed E-state index contributed by atoms with van der Waals surface area (Å²) in [6.45, 7) is 6.94. The van der Waals surface area contributed by atoms with Gasteiger partial charge in [-0.05, 0) is 20.8 Å². The van der Waals surface area contributed by atoms with E-state index in [4.69, 9.17) is 4.74 Å². The Labute approximate surface area is 107 Å². The van der Waals surface area contributed by atoms with Crippen LogP contribution >= 0.6 is 11.8 Å². The molecule has 0 aliphatic carbocycles. The van der Waals surface area contributed by atoms with Gasteiger partial charge in [-0.1, -0.05) is 0 Å². The average Bonchev–Trinajstić information content (AvgIpc) is 2.77. The van der Waals surface area contributed by atoms with E-state index in [1.54, 1.807) is 7.11 Å². The van der Waals surface area contributed by atoms with Crippen LogP contribution in [0.5, 0.6) is 0 Å². The highest BCUT2D eigenvalue weighted by atomic mass is 32.2. The summed E-state index contributed by atoms with van der Waals surface area (Å²) in [5.74, 6) is 3.72. The molecule has 2 rings (SSSR count). The van der Waals surface area contributed by atoms with Crippen molar-refractivity contribution in [3.63, 3.8) is 0 Å². The lowest BCUT2D eigenvalue weighted by Gasteiger charge is -2.22. The van der Waals surface area contributed by atoms with Crippen molar-refractivity contribution < 1.29 is 4.74 Å². The monoisotopic (exact) mass is 253 g/mol. The van der Waals surface area contributed by atoms with Crippen LogP contribution in [-0.4, -0.2) is 23.6 Å². The number of rotatable bonds is 4. The van der Waals surface area contributed by atoms with Crippen LogP contribution in [-0.2, 0) is 21.8 Å². The summed E-state index contributed by atoms with van der Waals surface area (Å²) in [5.41, 5.74) is 1.97. The smallest absolute Gasteiger partial charge is 0.162 e. The van der Waals surface area contributed by atoms with Gasteiger partial charge in [-0.15, -0.1) is 0 Å². The third-order valence-electron chi connectivity index (χ3n) is 2.97. The summed E-state index contributed by atoms with van der Waals surface area (Å²) < 4.78 is 5.46. The molecule has 0 amide bonds. The first-order chi connectivity index (χ1) is 8.08. The number of anilines is 1. The molecule has 0 saturated carbocycles. The number of aromatic nitrogens is 2. The highest BCUT2D eigenvalue weighted by Gasteiger charge is 2.27. The van der Waals surface area contributed by atoms with Crippen molar-refractivity contribution in [2.24, 2.45) is 0 Å². The molecular formula is C12H19N3OS. The normalized spacial score (nSPS) is 14.8. The quantitative estimate of drug-likeness (QED) is 0.893. The van der Waals surface area contributed by atoms with Crippen LogP contribution in [0.4, 0.5) is 5.82 Å². The van der Waals surface area contributed by atoms with Gasteiger partial charge in [0, 0.05) is 30.7 Å². The number of hydrogen-bond donors (Lipinski definition) is 1. The maximum absolute atomic E-state index is 5.46. The molecule has 0 radical (unpaired) electrons. The first kappa shape index (κ1) is 12.6. The van der Waals surface area contributed by atoms with Crippen molar-refractivity contribution in [3.8, 4) is 0 Å². The van der Waals surface area contributed by atoms with E-state index in [9.17, 15) is 0 Å². The molecule has 1 aliphatic rings. The Hall–Kier alpha value is -0.810. The summed E-state index contributed by atoms with van der Waals surface area (Å²) in [7, 11) is 1.69. The van der Waals surface area contributed by atoms with Crippen LogP contribution in [0.3, 0.4) is 0 Å². The van der Waals surface area contributed by atoms with Gasteiger partial charge < -0.3 is 10.1 Å². The molecule has 1 N–H and O–H groups in total. The Kier molecular flexibility index (Phi) is 3.58. The van der Waals surface area contributed by atoms with Gasteiger partial charge in [0.2, 0.25) is 0 Å². The Bertz CT molecular complexity index is 420. The zero-order chi connectivity index (χ0) is 12.5. The lowest BCUT2D eigenvalue weighted by atomic mass is 10.1. The van der Waals surface area contributed by atoms with Crippen LogP contribution in [0.2, 0.25) is 0 Å². The second kappa shape index (κ2) is 4.82. The SMILES string of the molecule is CCNc1nc(C(C)(C)OC)nc2c1CSC2. The van der Waals surface area contributed by atoms with E-state index in [-0.39, 0.29) is 0 Å². The number of hydrogen-bond acceptors (Lipinski definition) is 5. The van der Waals surface area contributed by atoms with Crippen molar-refractivity contribution in [1.29, 1.82) is 0 Å². The minimum absolute atomic E-state index is 0.438. The summed E-state index contributed by atoms with van der Waals surface area (Å²) in [6, 6.07) is 0. The average molecular weight is 253 g/mol. The summed E-state index contributed by atoms with van der Waals surface area (Å²) in [5, 5.41) is 3.32. The lowest BCUT2D eigenvalue weighted by Crippen LogP contribution is -2.24. The van der Waals surface area contributed by atoms with Crippen molar-refractivity contribution in [2.75, 3.05) is 19.0 Å². The fourth-order valence-corrected chi connectivity index (χ4v) is 2.77. The maximum Gasteiger partial charge on any atom is 0.162 e. The number of nitrogens with zero attached hydrogens (tertiary/aromatic N) is 2. The predicted octanol–water partition coefficient (Wildman–Crippen LogP) is 2.54. The van der Waals surface area contributed by atoms with Gasteiger partial charge in [-0.3, -0.25) is 0 Å². The molecule has 0 saturated heterocycles. The van der Waals surface area contributed by atoms with Gasteiger partial charge in [0.25, 0.3) is 0 Å². The molecule has 5 heteroatoms. The first-order valence-corrected chi connectivity index (χ1v) is 7.01. The molecule has 17 heavy (non-hydrogen) atoms. The molecule has 0 unspecified atom stereocenters. The van der Waals surface area contributed by atoms with Crippen molar-refractivity contribution in [3.05, 3.63) is 17.1 Å². The Morgan fingerprint density at radius 3 is 2.76 bits per heavy atom. The lowest BCUT2D eigenvalue weighted by molar-refractivity contribution is 0.0114. The van der Waals surface area contributed by atoms with Crippen LogP contribution in [0.25, 0.3) is 0 Å². The van der Waals surface area contributed by atoms with Crippen LogP contribution in [0, 0.1) is 0 Å². The van der Waals surface area contributed by atoms with E-state index in [2.05, 4.69) is 22.2 Å². The van der Waals surface area contributed by atoms with E-state index in [0.29, 0.717) is 0 Å². The molecule has 94 valence electrons. The van der Waals surface area contributed by atoms with E-state index in [0.717, 1.165) is 35.4 Å². The van der Waals surface area contributed by atoms with E-state index in [1.807, 2.05) is 25.6 Å². The highest BCUT2D eigenvalue weighted by molar-refractivity contribution is 7.98. The fraction of sp³-hybridized carbons (Fsp3) is 0.667. The number of nitrogens with one attached hydrogen (secondary N) is 1. The predicted molar refractivity (Wildman–Crippen MR) is 71.2 cm³/mol. The van der Waals surface area contributed by atoms with Crippen LogP contribution < -0.4 is 5.32 Å². The van der Waals surface area contributed by atoms with Gasteiger partial charge in [0.05, 0.1) is 5.69 Å². The minimum atomic E-state index is -0.438. The molecule has 0 bridgehead atoms. The first-order valence-electron chi connectivity index (χ1n) is 5.85. The third-order valence-corrected chi connectivity index (χ3v) is 3.94. The summed E-state index contributed by atoms with van der Waals surface area (Å²) >= 11 is 1.89. The number of methoxy groups -OCH3 is 1.